The minimum atomic E-state index is -1.09. The summed E-state index contributed by atoms with van der Waals surface area (Å²) in [6, 6.07) is 16.0. The number of benzene rings is 2. The Morgan fingerprint density at radius 2 is 1.62 bits per heavy atom. The maximum atomic E-state index is 12.5. The number of carboxylic acids is 1. The fraction of sp³-hybridized carbons (Fsp3) is 0.407. The summed E-state index contributed by atoms with van der Waals surface area (Å²) in [6.45, 7) is 7.27. The molecule has 0 spiro atoms. The highest BCUT2D eigenvalue weighted by Gasteiger charge is 2.29. The van der Waals surface area contributed by atoms with E-state index in [0.717, 1.165) is 22.3 Å². The minimum absolute atomic E-state index is 0.0949. The Morgan fingerprint density at radius 3 is 2.19 bits per heavy atom. The Balaban J connectivity index is 1.49. The lowest BCUT2D eigenvalue weighted by atomic mass is 9.98. The van der Waals surface area contributed by atoms with Crippen LogP contribution in [0.3, 0.4) is 0 Å². The molecule has 10 heteroatoms. The van der Waals surface area contributed by atoms with Gasteiger partial charge in [0.25, 0.3) is 0 Å². The summed E-state index contributed by atoms with van der Waals surface area (Å²) in [5, 5.41) is 13.5. The molecular formula is C27H34N4O6. The fourth-order valence-electron chi connectivity index (χ4n) is 4.10. The fourth-order valence-corrected chi connectivity index (χ4v) is 4.10. The van der Waals surface area contributed by atoms with Gasteiger partial charge in [-0.25, -0.2) is 14.6 Å². The molecule has 0 heterocycles. The molecule has 10 nitrogen and oxygen atoms in total. The molecule has 0 saturated heterocycles. The molecule has 0 aromatic heterocycles. The Morgan fingerprint density at radius 1 is 1.03 bits per heavy atom. The van der Waals surface area contributed by atoms with E-state index in [9.17, 15) is 19.5 Å². The first kappa shape index (κ1) is 27.7. The number of rotatable bonds is 9. The molecule has 2 aromatic rings. The van der Waals surface area contributed by atoms with Crippen molar-refractivity contribution < 1.29 is 29.0 Å². The van der Waals surface area contributed by atoms with Gasteiger partial charge in [0.2, 0.25) is 0 Å². The largest absolute Gasteiger partial charge is 0.480 e. The number of nitrogens with zero attached hydrogens (tertiary/aromatic N) is 2. The second kappa shape index (κ2) is 12.4. The first-order valence-corrected chi connectivity index (χ1v) is 12.1. The van der Waals surface area contributed by atoms with Gasteiger partial charge in [-0.1, -0.05) is 48.5 Å². The van der Waals surface area contributed by atoms with E-state index in [-0.39, 0.29) is 19.1 Å². The number of nitrogens with one attached hydrogen (secondary N) is 2. The third kappa shape index (κ3) is 8.32. The van der Waals surface area contributed by atoms with Gasteiger partial charge in [0.15, 0.2) is 0 Å². The predicted molar refractivity (Wildman–Crippen MR) is 139 cm³/mol. The smallest absolute Gasteiger partial charge is 0.435 e. The van der Waals surface area contributed by atoms with E-state index in [0.29, 0.717) is 18.8 Å². The van der Waals surface area contributed by atoms with Gasteiger partial charge < -0.3 is 19.9 Å². The molecule has 2 aromatic carbocycles. The third-order valence-electron chi connectivity index (χ3n) is 5.56. The molecule has 1 aliphatic carbocycles. The Hall–Kier alpha value is -3.92. The predicted octanol–water partition coefficient (Wildman–Crippen LogP) is 4.16. The van der Waals surface area contributed by atoms with Gasteiger partial charge in [-0.3, -0.25) is 10.2 Å². The number of hydrogen-bond donors (Lipinski definition) is 3. The van der Waals surface area contributed by atoms with Crippen molar-refractivity contribution in [3.05, 3.63) is 59.7 Å². The van der Waals surface area contributed by atoms with Gasteiger partial charge in [-0.2, -0.15) is 4.99 Å². The van der Waals surface area contributed by atoms with E-state index in [1.807, 2.05) is 36.4 Å². The molecule has 0 atom stereocenters. The van der Waals surface area contributed by atoms with E-state index in [2.05, 4.69) is 27.9 Å². The number of carbonyl (C=O) groups excluding carboxylic acids is 2. The number of aliphatic carboxylic acids is 1. The molecule has 3 rings (SSSR count). The molecule has 37 heavy (non-hydrogen) atoms. The quantitative estimate of drug-likeness (QED) is 0.198. The van der Waals surface area contributed by atoms with Crippen molar-refractivity contribution in [2.24, 2.45) is 4.99 Å². The van der Waals surface area contributed by atoms with Crippen LogP contribution in [0, 0.1) is 0 Å². The summed E-state index contributed by atoms with van der Waals surface area (Å²) in [6.07, 6.45) is -0.946. The van der Waals surface area contributed by atoms with Crippen LogP contribution in [0.5, 0.6) is 0 Å². The zero-order chi connectivity index (χ0) is 27.0. The van der Waals surface area contributed by atoms with Crippen molar-refractivity contribution in [2.45, 2.75) is 45.6 Å². The van der Waals surface area contributed by atoms with Crippen molar-refractivity contribution in [3.63, 3.8) is 0 Å². The van der Waals surface area contributed by atoms with Crippen LogP contribution in [0.15, 0.2) is 53.5 Å². The first-order chi connectivity index (χ1) is 17.5. The number of hydrogen-bond acceptors (Lipinski definition) is 6. The van der Waals surface area contributed by atoms with Crippen molar-refractivity contribution in [1.82, 2.24) is 15.8 Å². The van der Waals surface area contributed by atoms with Crippen molar-refractivity contribution >= 4 is 24.0 Å². The normalized spacial score (nSPS) is 13.1. The Kier molecular flexibility index (Phi) is 9.24. The number of carbonyl (C=O) groups is 3. The van der Waals surface area contributed by atoms with Crippen LogP contribution in [0.2, 0.25) is 0 Å². The van der Waals surface area contributed by atoms with Crippen LogP contribution in [0.1, 0.15) is 51.2 Å². The summed E-state index contributed by atoms with van der Waals surface area (Å²) < 4.78 is 10.6. The molecule has 0 bridgehead atoms. The average Bonchev–Trinajstić information content (AvgIpc) is 3.12. The highest BCUT2D eigenvalue weighted by molar-refractivity contribution is 5.90. The van der Waals surface area contributed by atoms with E-state index in [4.69, 9.17) is 9.47 Å². The number of hydrazine groups is 1. The summed E-state index contributed by atoms with van der Waals surface area (Å²) in [7, 11) is 0. The SMILES string of the molecule is C/C(=N\C(=O)OC(C)(C)C)NCCCN(CC(=O)O)NC(=O)OCC1c2ccccc2-c2ccccc21. The Labute approximate surface area is 216 Å². The molecule has 0 saturated carbocycles. The van der Waals surface area contributed by atoms with Gasteiger partial charge in [0, 0.05) is 19.0 Å². The van der Waals surface area contributed by atoms with Crippen LogP contribution in [0.4, 0.5) is 9.59 Å². The summed E-state index contributed by atoms with van der Waals surface area (Å²) in [5.41, 5.74) is 6.32. The molecule has 0 aliphatic heterocycles. The first-order valence-electron chi connectivity index (χ1n) is 12.1. The van der Waals surface area contributed by atoms with Crippen molar-refractivity contribution in [3.8, 4) is 11.1 Å². The molecule has 0 fully saturated rings. The van der Waals surface area contributed by atoms with Gasteiger partial charge in [0.05, 0.1) is 0 Å². The molecule has 2 amide bonds. The molecule has 3 N–H and O–H groups in total. The molecule has 1 aliphatic rings. The number of amidine groups is 1. The van der Waals surface area contributed by atoms with Crippen LogP contribution >= 0.6 is 0 Å². The topological polar surface area (TPSA) is 130 Å². The van der Waals surface area contributed by atoms with Crippen molar-refractivity contribution in [1.29, 1.82) is 0 Å². The number of amides is 2. The number of carboxylic acid groups (broad SMARTS) is 1. The van der Waals surface area contributed by atoms with Crippen LogP contribution in [0.25, 0.3) is 11.1 Å². The Bertz CT molecular complexity index is 1110. The molecule has 0 unspecified atom stereocenters. The second-order valence-electron chi connectivity index (χ2n) is 9.71. The van der Waals surface area contributed by atoms with E-state index in [1.54, 1.807) is 27.7 Å². The molecular weight excluding hydrogens is 476 g/mol. The van der Waals surface area contributed by atoms with Crippen LogP contribution < -0.4 is 10.7 Å². The van der Waals surface area contributed by atoms with Gasteiger partial charge in [-0.05, 0) is 56.4 Å². The van der Waals surface area contributed by atoms with Gasteiger partial charge >= 0.3 is 18.2 Å². The second-order valence-corrected chi connectivity index (χ2v) is 9.71. The minimum Gasteiger partial charge on any atom is -0.480 e. The van der Waals surface area contributed by atoms with Crippen molar-refractivity contribution in [2.75, 3.05) is 26.2 Å². The van der Waals surface area contributed by atoms with E-state index >= 15 is 0 Å². The summed E-state index contributed by atoms with van der Waals surface area (Å²) >= 11 is 0. The van der Waals surface area contributed by atoms with Gasteiger partial charge in [0.1, 0.15) is 24.6 Å². The lowest BCUT2D eigenvalue weighted by Crippen LogP contribution is -2.46. The van der Waals surface area contributed by atoms with Crippen LogP contribution in [-0.4, -0.2) is 65.9 Å². The highest BCUT2D eigenvalue weighted by Crippen LogP contribution is 2.44. The third-order valence-corrected chi connectivity index (χ3v) is 5.56. The number of fused-ring (bicyclic) bond motifs is 3. The number of ether oxygens (including phenoxy) is 2. The van der Waals surface area contributed by atoms with Crippen LogP contribution in [-0.2, 0) is 14.3 Å². The van der Waals surface area contributed by atoms with E-state index < -0.39 is 30.3 Å². The average molecular weight is 511 g/mol. The lowest BCUT2D eigenvalue weighted by molar-refractivity contribution is -0.138. The molecule has 198 valence electrons. The van der Waals surface area contributed by atoms with Gasteiger partial charge in [-0.15, -0.1) is 0 Å². The zero-order valence-corrected chi connectivity index (χ0v) is 21.6. The zero-order valence-electron chi connectivity index (χ0n) is 21.6. The summed E-state index contributed by atoms with van der Waals surface area (Å²) in [4.78, 5) is 39.4. The standard InChI is InChI=1S/C27H34N4O6/c1-18(29-25(34)37-27(2,3)4)28-14-9-15-31(16-24(32)33)30-26(35)36-17-23-21-12-7-5-10-19(21)20-11-6-8-13-22(20)23/h5-8,10-13,23H,9,14-17H2,1-4H3,(H,30,35)(H,32,33)(H,28,29,34). The molecule has 0 radical (unpaired) electrons. The monoisotopic (exact) mass is 510 g/mol. The summed E-state index contributed by atoms with van der Waals surface area (Å²) in [5.74, 6) is -0.805. The van der Waals surface area contributed by atoms with E-state index in [1.165, 1.54) is 5.01 Å². The maximum absolute atomic E-state index is 12.5. The highest BCUT2D eigenvalue weighted by atomic mass is 16.6. The number of aliphatic imine (C=N–C) groups is 1. The maximum Gasteiger partial charge on any atom is 0.435 e. The lowest BCUT2D eigenvalue weighted by Gasteiger charge is -2.22.